The molecule has 1 saturated heterocycles. The normalized spacial score (nSPS) is 18.7. The molecule has 2 aliphatic heterocycles. The number of fused-ring (bicyclic) bond motifs is 3. The Morgan fingerprint density at radius 3 is 2.52 bits per heavy atom. The number of anilines is 1. The first kappa shape index (κ1) is 26.0. The van der Waals surface area contributed by atoms with Gasteiger partial charge in [-0.05, 0) is 68.1 Å². The van der Waals surface area contributed by atoms with Crippen LogP contribution in [0, 0.1) is 11.6 Å². The Hall–Kier alpha value is -4.27. The van der Waals surface area contributed by atoms with Crippen LogP contribution < -0.4 is 4.90 Å². The van der Waals surface area contributed by atoms with Crippen molar-refractivity contribution in [3.63, 3.8) is 0 Å². The van der Waals surface area contributed by atoms with Gasteiger partial charge < -0.3 is 14.5 Å². The number of carbonyl (C=O) groups is 2. The molecule has 0 saturated carbocycles. The number of aryl methyl sites for hydroxylation is 1. The van der Waals surface area contributed by atoms with Crippen LogP contribution in [0.5, 0.6) is 0 Å². The summed E-state index contributed by atoms with van der Waals surface area (Å²) in [7, 11) is 1.79. The van der Waals surface area contributed by atoms with Gasteiger partial charge in [-0.15, -0.1) is 0 Å². The smallest absolute Gasteiger partial charge is 0.410 e. The highest BCUT2D eigenvalue weighted by molar-refractivity contribution is 6.09. The van der Waals surface area contributed by atoms with Crippen molar-refractivity contribution >= 4 is 28.6 Å². The molecule has 9 heteroatoms. The highest BCUT2D eigenvalue weighted by atomic mass is 19.1. The zero-order chi connectivity index (χ0) is 28.4. The van der Waals surface area contributed by atoms with E-state index in [4.69, 9.17) is 4.74 Å². The van der Waals surface area contributed by atoms with Crippen molar-refractivity contribution in [3.05, 3.63) is 83.6 Å². The molecule has 7 nitrogen and oxygen atoms in total. The molecule has 1 aromatic heterocycles. The van der Waals surface area contributed by atoms with Crippen LogP contribution in [0.1, 0.15) is 38.3 Å². The van der Waals surface area contributed by atoms with Gasteiger partial charge in [0.15, 0.2) is 0 Å². The maximum Gasteiger partial charge on any atom is 0.410 e. The van der Waals surface area contributed by atoms with Gasteiger partial charge in [-0.3, -0.25) is 9.48 Å². The lowest BCUT2D eigenvalue weighted by atomic mass is 9.81. The van der Waals surface area contributed by atoms with Crippen molar-refractivity contribution in [1.29, 1.82) is 0 Å². The van der Waals surface area contributed by atoms with E-state index in [1.165, 1.54) is 17.0 Å². The second-order valence-corrected chi connectivity index (χ2v) is 11.6. The van der Waals surface area contributed by atoms with E-state index in [2.05, 4.69) is 5.10 Å². The molecular formula is C31H30F2N4O3. The fourth-order valence-corrected chi connectivity index (χ4v) is 5.92. The van der Waals surface area contributed by atoms with Gasteiger partial charge in [0.2, 0.25) is 5.91 Å². The molecule has 6 rings (SSSR count). The Morgan fingerprint density at radius 1 is 1.07 bits per heavy atom. The van der Waals surface area contributed by atoms with E-state index in [9.17, 15) is 9.59 Å². The first-order valence-corrected chi connectivity index (χ1v) is 13.3. The Labute approximate surface area is 230 Å². The van der Waals surface area contributed by atoms with E-state index in [0.717, 1.165) is 16.5 Å². The first-order chi connectivity index (χ1) is 19.0. The molecule has 2 aliphatic rings. The van der Waals surface area contributed by atoms with Crippen LogP contribution in [-0.2, 0) is 28.5 Å². The van der Waals surface area contributed by atoms with Crippen molar-refractivity contribution in [2.75, 3.05) is 18.0 Å². The van der Waals surface area contributed by atoms with Gasteiger partial charge in [-0.1, -0.05) is 30.3 Å². The third-order valence-corrected chi connectivity index (χ3v) is 7.72. The molecule has 0 N–H and O–H groups in total. The molecule has 3 aromatic carbocycles. The number of rotatable bonds is 3. The minimum absolute atomic E-state index is 0.146. The molecule has 40 heavy (non-hydrogen) atoms. The lowest BCUT2D eigenvalue weighted by molar-refractivity contribution is -0.122. The van der Waals surface area contributed by atoms with Crippen molar-refractivity contribution in [2.24, 2.45) is 7.05 Å². The molecule has 2 amide bonds. The van der Waals surface area contributed by atoms with Crippen molar-refractivity contribution in [3.8, 4) is 11.1 Å². The highest BCUT2D eigenvalue weighted by Gasteiger charge is 2.55. The van der Waals surface area contributed by atoms with Crippen molar-refractivity contribution in [1.82, 2.24) is 14.7 Å². The van der Waals surface area contributed by atoms with Gasteiger partial charge in [0.25, 0.3) is 0 Å². The van der Waals surface area contributed by atoms with Crippen LogP contribution >= 0.6 is 0 Å². The number of benzene rings is 3. The second-order valence-electron chi connectivity index (χ2n) is 11.6. The Balaban J connectivity index is 1.32. The summed E-state index contributed by atoms with van der Waals surface area (Å²) in [6.07, 6.45) is 1.73. The predicted octanol–water partition coefficient (Wildman–Crippen LogP) is 5.94. The first-order valence-electron chi connectivity index (χ1n) is 13.3. The van der Waals surface area contributed by atoms with Crippen molar-refractivity contribution in [2.45, 2.75) is 44.8 Å². The van der Waals surface area contributed by atoms with E-state index in [1.807, 2.05) is 24.4 Å². The van der Waals surface area contributed by atoms with Gasteiger partial charge >= 0.3 is 6.09 Å². The van der Waals surface area contributed by atoms with Crippen LogP contribution in [0.15, 0.2) is 60.8 Å². The van der Waals surface area contributed by atoms with Crippen LogP contribution in [0.4, 0.5) is 19.3 Å². The fraction of sp³-hybridized carbons (Fsp3) is 0.323. The molecule has 0 bridgehead atoms. The summed E-state index contributed by atoms with van der Waals surface area (Å²) in [5, 5.41) is 5.17. The summed E-state index contributed by atoms with van der Waals surface area (Å²) < 4.78 is 38.4. The van der Waals surface area contributed by atoms with Gasteiger partial charge in [-0.25, -0.2) is 13.6 Å². The number of likely N-dealkylation sites (tertiary alicyclic amines) is 1. The fourth-order valence-electron chi connectivity index (χ4n) is 5.92. The zero-order valence-corrected chi connectivity index (χ0v) is 22.9. The number of halogens is 2. The number of para-hydroxylation sites is 1. The third kappa shape index (κ3) is 4.20. The van der Waals surface area contributed by atoms with Crippen LogP contribution in [0.25, 0.3) is 22.0 Å². The summed E-state index contributed by atoms with van der Waals surface area (Å²) in [5.41, 5.74) is 1.30. The van der Waals surface area contributed by atoms with Gasteiger partial charge in [0.1, 0.15) is 17.2 Å². The van der Waals surface area contributed by atoms with Crippen molar-refractivity contribution < 1.29 is 23.1 Å². The monoisotopic (exact) mass is 544 g/mol. The number of ether oxygens (including phenoxy) is 1. The van der Waals surface area contributed by atoms with Crippen LogP contribution in [0.3, 0.4) is 0 Å². The molecule has 0 radical (unpaired) electrons. The predicted molar refractivity (Wildman–Crippen MR) is 148 cm³/mol. The van der Waals surface area contributed by atoms with E-state index < -0.39 is 28.7 Å². The van der Waals surface area contributed by atoms with Gasteiger partial charge in [0.05, 0.1) is 17.5 Å². The van der Waals surface area contributed by atoms with Crippen LogP contribution in [0.2, 0.25) is 0 Å². The summed E-state index contributed by atoms with van der Waals surface area (Å²) in [5.74, 6) is -1.74. The molecule has 0 aliphatic carbocycles. The van der Waals surface area contributed by atoms with Gasteiger partial charge in [-0.2, -0.15) is 5.10 Å². The summed E-state index contributed by atoms with van der Waals surface area (Å²) in [6, 6.07) is 15.3. The lowest BCUT2D eigenvalue weighted by Crippen LogP contribution is -2.44. The molecule has 206 valence electrons. The molecular weight excluding hydrogens is 514 g/mol. The average molecular weight is 545 g/mol. The Morgan fingerprint density at radius 2 is 1.80 bits per heavy atom. The third-order valence-electron chi connectivity index (χ3n) is 7.72. The van der Waals surface area contributed by atoms with Crippen LogP contribution in [-0.4, -0.2) is 45.4 Å². The Kier molecular flexibility index (Phi) is 5.94. The minimum Gasteiger partial charge on any atom is -0.444 e. The number of aromatic nitrogens is 2. The Bertz CT molecular complexity index is 1650. The molecule has 1 unspecified atom stereocenters. The molecule has 4 aromatic rings. The summed E-state index contributed by atoms with van der Waals surface area (Å²) in [4.78, 5) is 29.8. The van der Waals surface area contributed by atoms with E-state index in [-0.39, 0.29) is 24.6 Å². The average Bonchev–Trinajstić information content (AvgIpc) is 3.56. The zero-order valence-electron chi connectivity index (χ0n) is 22.9. The maximum atomic E-state index is 15.6. The number of carbonyl (C=O) groups excluding carboxylic acids is 2. The summed E-state index contributed by atoms with van der Waals surface area (Å²) in [6.45, 7) is 5.60. The number of nitrogens with zero attached hydrogens (tertiary/aromatic N) is 4. The van der Waals surface area contributed by atoms with Gasteiger partial charge in [0, 0.05) is 43.0 Å². The lowest BCUT2D eigenvalue weighted by Gasteiger charge is -2.27. The highest BCUT2D eigenvalue weighted by Crippen LogP contribution is 2.48. The molecule has 3 heterocycles. The minimum atomic E-state index is -0.990. The van der Waals surface area contributed by atoms with E-state index >= 15 is 8.78 Å². The standard InChI is InChI=1S/C31H30F2N4O3/c1-30(2,3)40-29(39)36-13-12-31(18-36)23-9-5-6-11-27(23)37(28(31)38)17-22-24(32)14-19(15-25(22)33)20-8-7-10-26-21(20)16-35(4)34-26/h5-11,14-16H,12-13,17-18H2,1-4H3. The number of hydrogen-bond donors (Lipinski definition) is 0. The molecule has 1 atom stereocenters. The largest absolute Gasteiger partial charge is 0.444 e. The number of amides is 2. The summed E-state index contributed by atoms with van der Waals surface area (Å²) >= 11 is 0. The topological polar surface area (TPSA) is 67.7 Å². The van der Waals surface area contributed by atoms with E-state index in [1.54, 1.807) is 61.7 Å². The maximum absolute atomic E-state index is 15.6. The molecule has 1 fully saturated rings. The number of hydrogen-bond acceptors (Lipinski definition) is 4. The molecule has 1 spiro atoms. The SMILES string of the molecule is Cn1cc2c(-c3cc(F)c(CN4C(=O)C5(CCN(C(=O)OC(C)(C)C)C5)c5ccccc54)c(F)c3)cccc2n1. The quantitative estimate of drug-likeness (QED) is 0.320. The second kappa shape index (κ2) is 9.15. The van der Waals surface area contributed by atoms with E-state index in [0.29, 0.717) is 29.8 Å².